The first-order chi connectivity index (χ1) is 12.2. The van der Waals surface area contributed by atoms with E-state index in [0.717, 1.165) is 37.2 Å². The number of rotatable bonds is 7. The van der Waals surface area contributed by atoms with Crippen LogP contribution in [0.15, 0.2) is 36.5 Å². The third-order valence-corrected chi connectivity index (χ3v) is 5.53. The van der Waals surface area contributed by atoms with Crippen molar-refractivity contribution >= 4 is 17.7 Å². The molecule has 1 fully saturated rings. The molecule has 1 saturated carbocycles. The highest BCUT2D eigenvalue weighted by molar-refractivity contribution is 7.98. The van der Waals surface area contributed by atoms with Crippen molar-refractivity contribution in [2.45, 2.75) is 43.5 Å². The van der Waals surface area contributed by atoms with Crippen LogP contribution in [0, 0.1) is 0 Å². The molecule has 0 bridgehead atoms. The van der Waals surface area contributed by atoms with Crippen molar-refractivity contribution in [2.75, 3.05) is 12.3 Å². The first-order valence-corrected chi connectivity index (χ1v) is 9.95. The average Bonchev–Trinajstić information content (AvgIpc) is 3.13. The molecule has 0 aliphatic heterocycles. The Hall–Kier alpha value is -1.86. The van der Waals surface area contributed by atoms with E-state index in [1.165, 1.54) is 5.56 Å². The number of aromatic nitrogens is 3. The molecule has 3 rings (SSSR count). The molecule has 1 amide bonds. The Kier molecular flexibility index (Phi) is 6.47. The lowest BCUT2D eigenvalue weighted by molar-refractivity contribution is 0.0951. The van der Waals surface area contributed by atoms with E-state index in [2.05, 4.69) is 27.8 Å². The predicted octanol–water partition coefficient (Wildman–Crippen LogP) is 2.38. The van der Waals surface area contributed by atoms with Crippen LogP contribution in [0.5, 0.6) is 0 Å². The van der Waals surface area contributed by atoms with E-state index in [1.807, 2.05) is 22.9 Å². The van der Waals surface area contributed by atoms with E-state index in [9.17, 15) is 4.79 Å². The molecule has 7 heteroatoms. The second kappa shape index (κ2) is 9.01. The number of nitrogens with one attached hydrogen (secondary N) is 1. The molecule has 1 heterocycles. The van der Waals surface area contributed by atoms with Crippen molar-refractivity contribution in [1.82, 2.24) is 20.3 Å². The molecule has 0 saturated heterocycles. The predicted molar refractivity (Wildman–Crippen MR) is 100 cm³/mol. The van der Waals surface area contributed by atoms with Crippen LogP contribution in [0.1, 0.15) is 47.8 Å². The Morgan fingerprint density at radius 2 is 2.00 bits per heavy atom. The molecule has 1 aromatic heterocycles. The topological polar surface area (TPSA) is 85.8 Å². The maximum absolute atomic E-state index is 12.2. The molecular formula is C18H25N5OS. The van der Waals surface area contributed by atoms with Gasteiger partial charge in [0.2, 0.25) is 0 Å². The van der Waals surface area contributed by atoms with Gasteiger partial charge in [0.25, 0.3) is 5.91 Å². The van der Waals surface area contributed by atoms with Crippen LogP contribution in [-0.2, 0) is 5.75 Å². The summed E-state index contributed by atoms with van der Waals surface area (Å²) in [4.78, 5) is 12.2. The van der Waals surface area contributed by atoms with Gasteiger partial charge in [0.1, 0.15) is 0 Å². The summed E-state index contributed by atoms with van der Waals surface area (Å²) in [5.74, 6) is 1.67. The average molecular weight is 359 g/mol. The monoisotopic (exact) mass is 359 g/mol. The van der Waals surface area contributed by atoms with Gasteiger partial charge in [0, 0.05) is 24.1 Å². The Labute approximate surface area is 152 Å². The van der Waals surface area contributed by atoms with Gasteiger partial charge >= 0.3 is 0 Å². The summed E-state index contributed by atoms with van der Waals surface area (Å²) in [6, 6.07) is 10.9. The summed E-state index contributed by atoms with van der Waals surface area (Å²) in [7, 11) is 0. The van der Waals surface area contributed by atoms with Gasteiger partial charge in [-0.05, 0) is 31.2 Å². The van der Waals surface area contributed by atoms with E-state index in [-0.39, 0.29) is 5.91 Å². The Morgan fingerprint density at radius 1 is 1.24 bits per heavy atom. The normalized spacial score (nSPS) is 20.4. The zero-order valence-electron chi connectivity index (χ0n) is 14.3. The van der Waals surface area contributed by atoms with Crippen LogP contribution in [0.25, 0.3) is 0 Å². The summed E-state index contributed by atoms with van der Waals surface area (Å²) in [5, 5.41) is 11.1. The molecular weight excluding hydrogens is 334 g/mol. The van der Waals surface area contributed by atoms with Crippen molar-refractivity contribution in [3.05, 3.63) is 47.8 Å². The standard InChI is InChI=1S/C18H25N5OS/c19-15-6-8-16(9-7-15)23-12-17(21-22-23)18(24)20-10-11-25-13-14-4-2-1-3-5-14/h1-5,12,15-16H,6-11,13,19H2,(H,20,24). The smallest absolute Gasteiger partial charge is 0.273 e. The molecule has 2 aromatic rings. The molecule has 1 aromatic carbocycles. The van der Waals surface area contributed by atoms with E-state index in [0.29, 0.717) is 24.3 Å². The molecule has 0 unspecified atom stereocenters. The van der Waals surface area contributed by atoms with Crippen molar-refractivity contribution < 1.29 is 4.79 Å². The van der Waals surface area contributed by atoms with Gasteiger partial charge in [0.05, 0.1) is 12.2 Å². The van der Waals surface area contributed by atoms with Gasteiger partial charge in [-0.1, -0.05) is 35.5 Å². The van der Waals surface area contributed by atoms with Crippen LogP contribution in [0.3, 0.4) is 0 Å². The van der Waals surface area contributed by atoms with Crippen LogP contribution < -0.4 is 11.1 Å². The minimum atomic E-state index is -0.154. The molecule has 3 N–H and O–H groups in total. The Morgan fingerprint density at radius 3 is 2.76 bits per heavy atom. The lowest BCUT2D eigenvalue weighted by Crippen LogP contribution is -2.28. The lowest BCUT2D eigenvalue weighted by atomic mass is 9.92. The van der Waals surface area contributed by atoms with Gasteiger partial charge in [-0.15, -0.1) is 5.10 Å². The van der Waals surface area contributed by atoms with Gasteiger partial charge in [-0.25, -0.2) is 4.68 Å². The number of hydrogen-bond donors (Lipinski definition) is 2. The second-order valence-electron chi connectivity index (χ2n) is 6.45. The van der Waals surface area contributed by atoms with Crippen molar-refractivity contribution in [2.24, 2.45) is 5.73 Å². The Balaban J connectivity index is 1.38. The highest BCUT2D eigenvalue weighted by atomic mass is 32.2. The lowest BCUT2D eigenvalue weighted by Gasteiger charge is -2.25. The van der Waals surface area contributed by atoms with Gasteiger partial charge in [0.15, 0.2) is 5.69 Å². The minimum Gasteiger partial charge on any atom is -0.350 e. The number of nitrogens with two attached hydrogens (primary N) is 1. The number of amides is 1. The Bertz CT molecular complexity index is 667. The van der Waals surface area contributed by atoms with Crippen molar-refractivity contribution in [1.29, 1.82) is 0 Å². The van der Waals surface area contributed by atoms with Crippen molar-refractivity contribution in [3.8, 4) is 0 Å². The number of thioether (sulfide) groups is 1. The SMILES string of the molecule is NC1CCC(n2cc(C(=O)NCCSCc3ccccc3)nn2)CC1. The number of carbonyl (C=O) groups is 1. The first kappa shape index (κ1) is 17.9. The van der Waals surface area contributed by atoms with Crippen LogP contribution in [-0.4, -0.2) is 39.2 Å². The number of carbonyl (C=O) groups excluding carboxylic acids is 1. The highest BCUT2D eigenvalue weighted by Crippen LogP contribution is 2.26. The van der Waals surface area contributed by atoms with Gasteiger partial charge in [-0.3, -0.25) is 4.79 Å². The molecule has 1 aliphatic carbocycles. The first-order valence-electron chi connectivity index (χ1n) is 8.79. The van der Waals surface area contributed by atoms with Crippen molar-refractivity contribution in [3.63, 3.8) is 0 Å². The molecule has 1 aliphatic rings. The zero-order valence-corrected chi connectivity index (χ0v) is 15.1. The zero-order chi connectivity index (χ0) is 17.5. The van der Waals surface area contributed by atoms with Crippen LogP contribution in [0.2, 0.25) is 0 Å². The molecule has 0 spiro atoms. The van der Waals surface area contributed by atoms with Gasteiger partial charge < -0.3 is 11.1 Å². The fourth-order valence-electron chi connectivity index (χ4n) is 3.02. The summed E-state index contributed by atoms with van der Waals surface area (Å²) in [5.41, 5.74) is 7.63. The maximum Gasteiger partial charge on any atom is 0.273 e. The minimum absolute atomic E-state index is 0.154. The van der Waals surface area contributed by atoms with E-state index in [1.54, 1.807) is 18.0 Å². The molecule has 134 valence electrons. The quantitative estimate of drug-likeness (QED) is 0.741. The summed E-state index contributed by atoms with van der Waals surface area (Å²) < 4.78 is 1.82. The summed E-state index contributed by atoms with van der Waals surface area (Å²) in [6.45, 7) is 0.626. The van der Waals surface area contributed by atoms with E-state index >= 15 is 0 Å². The molecule has 0 atom stereocenters. The largest absolute Gasteiger partial charge is 0.350 e. The van der Waals surface area contributed by atoms with Crippen LogP contribution in [0.4, 0.5) is 0 Å². The molecule has 0 radical (unpaired) electrons. The highest BCUT2D eigenvalue weighted by Gasteiger charge is 2.22. The second-order valence-corrected chi connectivity index (χ2v) is 7.55. The van der Waals surface area contributed by atoms with E-state index < -0.39 is 0 Å². The van der Waals surface area contributed by atoms with Crippen LogP contribution >= 0.6 is 11.8 Å². The fraction of sp³-hybridized carbons (Fsp3) is 0.500. The molecule has 25 heavy (non-hydrogen) atoms. The molecule has 6 nitrogen and oxygen atoms in total. The third kappa shape index (κ3) is 5.31. The summed E-state index contributed by atoms with van der Waals surface area (Å²) >= 11 is 1.80. The number of hydrogen-bond acceptors (Lipinski definition) is 5. The maximum atomic E-state index is 12.2. The van der Waals surface area contributed by atoms with Gasteiger partial charge in [-0.2, -0.15) is 11.8 Å². The number of nitrogens with zero attached hydrogens (tertiary/aromatic N) is 3. The van der Waals surface area contributed by atoms with E-state index in [4.69, 9.17) is 5.73 Å². The number of benzene rings is 1. The summed E-state index contributed by atoms with van der Waals surface area (Å²) in [6.07, 6.45) is 5.77. The fourth-order valence-corrected chi connectivity index (χ4v) is 3.84. The third-order valence-electron chi connectivity index (χ3n) is 4.50.